The summed E-state index contributed by atoms with van der Waals surface area (Å²) in [5.41, 5.74) is 2.14. The van der Waals surface area contributed by atoms with Crippen molar-refractivity contribution in [3.8, 4) is 5.75 Å². The molecular weight excluding hydrogens is 398 g/mol. The zero-order valence-corrected chi connectivity index (χ0v) is 17.0. The van der Waals surface area contributed by atoms with Crippen molar-refractivity contribution < 1.29 is 22.9 Å². The molecule has 0 unspecified atom stereocenters. The Kier molecular flexibility index (Phi) is 7.68. The van der Waals surface area contributed by atoms with Crippen molar-refractivity contribution in [2.75, 3.05) is 13.7 Å². The van der Waals surface area contributed by atoms with Gasteiger partial charge in [-0.3, -0.25) is 14.9 Å². The molecule has 2 N–H and O–H groups in total. The van der Waals surface area contributed by atoms with Gasteiger partial charge in [0.1, 0.15) is 0 Å². The highest BCUT2D eigenvalue weighted by Gasteiger charge is 2.15. The standard InChI is InChI=1S/C19H23N3O6S/c1-14-3-8-17(22(24)25)18(11-14)28-10-9-19(23)21-12-15-4-6-16(7-5-15)13-29(26,27)20-2/h3-8,11,20H,9-10,12-13H2,1-2H3,(H,21,23). The minimum Gasteiger partial charge on any atom is -0.486 e. The quantitative estimate of drug-likeness (QED) is 0.446. The van der Waals surface area contributed by atoms with Crippen molar-refractivity contribution in [3.05, 3.63) is 69.3 Å². The lowest BCUT2D eigenvalue weighted by Gasteiger charge is -2.09. The van der Waals surface area contributed by atoms with Gasteiger partial charge >= 0.3 is 5.69 Å². The molecule has 29 heavy (non-hydrogen) atoms. The van der Waals surface area contributed by atoms with Gasteiger partial charge in [-0.2, -0.15) is 0 Å². The fourth-order valence-electron chi connectivity index (χ4n) is 2.48. The molecule has 0 heterocycles. The Hall–Kier alpha value is -2.98. The summed E-state index contributed by atoms with van der Waals surface area (Å²) >= 11 is 0. The van der Waals surface area contributed by atoms with E-state index in [0.717, 1.165) is 11.1 Å². The molecule has 0 aromatic heterocycles. The number of rotatable bonds is 10. The van der Waals surface area contributed by atoms with Crippen molar-refractivity contribution in [1.82, 2.24) is 10.0 Å². The lowest BCUT2D eigenvalue weighted by Crippen LogP contribution is -2.24. The Bertz CT molecular complexity index is 974. The molecule has 2 rings (SSSR count). The Labute approximate surface area is 169 Å². The molecule has 0 atom stereocenters. The number of amides is 1. The second kappa shape index (κ2) is 9.99. The Balaban J connectivity index is 1.81. The van der Waals surface area contributed by atoms with Gasteiger partial charge < -0.3 is 10.1 Å². The van der Waals surface area contributed by atoms with E-state index in [1.54, 1.807) is 43.3 Å². The van der Waals surface area contributed by atoms with E-state index in [1.165, 1.54) is 13.1 Å². The minimum absolute atomic E-state index is 0.0109. The van der Waals surface area contributed by atoms with Gasteiger partial charge in [-0.05, 0) is 36.7 Å². The molecule has 0 saturated carbocycles. The van der Waals surface area contributed by atoms with Crippen molar-refractivity contribution in [2.45, 2.75) is 25.6 Å². The van der Waals surface area contributed by atoms with Crippen LogP contribution in [0.3, 0.4) is 0 Å². The SMILES string of the molecule is CNS(=O)(=O)Cc1ccc(CNC(=O)CCOc2cc(C)ccc2[N+](=O)[O-])cc1. The number of nitrogens with zero attached hydrogens (tertiary/aromatic N) is 1. The average Bonchev–Trinajstić information content (AvgIpc) is 2.67. The lowest BCUT2D eigenvalue weighted by molar-refractivity contribution is -0.385. The van der Waals surface area contributed by atoms with E-state index in [1.807, 2.05) is 0 Å². The molecule has 0 aliphatic rings. The largest absolute Gasteiger partial charge is 0.486 e. The first-order valence-corrected chi connectivity index (χ1v) is 10.5. The van der Waals surface area contributed by atoms with Crippen LogP contribution in [0, 0.1) is 17.0 Å². The molecule has 10 heteroatoms. The van der Waals surface area contributed by atoms with Gasteiger partial charge in [0.25, 0.3) is 0 Å². The maximum atomic E-state index is 12.0. The molecule has 0 spiro atoms. The minimum atomic E-state index is -3.33. The highest BCUT2D eigenvalue weighted by Crippen LogP contribution is 2.27. The number of nitrogens with one attached hydrogen (secondary N) is 2. The number of carbonyl (C=O) groups excluding carboxylic acids is 1. The predicted octanol–water partition coefficient (Wildman–Crippen LogP) is 2.04. The van der Waals surface area contributed by atoms with Crippen LogP contribution in [0.1, 0.15) is 23.1 Å². The number of hydrogen-bond donors (Lipinski definition) is 2. The molecule has 1 amide bonds. The van der Waals surface area contributed by atoms with E-state index in [9.17, 15) is 23.3 Å². The molecule has 2 aromatic rings. The maximum absolute atomic E-state index is 12.0. The fourth-order valence-corrected chi connectivity index (χ4v) is 3.25. The fraction of sp³-hybridized carbons (Fsp3) is 0.316. The molecule has 2 aromatic carbocycles. The van der Waals surface area contributed by atoms with Gasteiger partial charge in [0, 0.05) is 12.6 Å². The summed E-state index contributed by atoms with van der Waals surface area (Å²) in [6.07, 6.45) is 0.0452. The van der Waals surface area contributed by atoms with Crippen LogP contribution >= 0.6 is 0 Å². The molecule has 0 bridgehead atoms. The maximum Gasteiger partial charge on any atom is 0.310 e. The van der Waals surface area contributed by atoms with Crippen LogP contribution in [0.25, 0.3) is 0 Å². The third-order valence-corrected chi connectivity index (χ3v) is 5.41. The van der Waals surface area contributed by atoms with Crippen LogP contribution in [0.15, 0.2) is 42.5 Å². The summed E-state index contributed by atoms with van der Waals surface area (Å²) in [4.78, 5) is 22.5. The van der Waals surface area contributed by atoms with E-state index in [0.29, 0.717) is 5.56 Å². The normalized spacial score (nSPS) is 11.1. The third kappa shape index (κ3) is 7.16. The number of nitro benzene ring substituents is 1. The smallest absolute Gasteiger partial charge is 0.310 e. The molecule has 0 aliphatic carbocycles. The van der Waals surface area contributed by atoms with Crippen LogP contribution in [0.5, 0.6) is 5.75 Å². The average molecular weight is 421 g/mol. The highest BCUT2D eigenvalue weighted by molar-refractivity contribution is 7.88. The number of benzene rings is 2. The molecule has 0 saturated heterocycles. The summed E-state index contributed by atoms with van der Waals surface area (Å²) in [5, 5.41) is 13.7. The third-order valence-electron chi connectivity index (χ3n) is 4.08. The van der Waals surface area contributed by atoms with Crippen molar-refractivity contribution >= 4 is 21.6 Å². The Morgan fingerprint density at radius 1 is 1.14 bits per heavy atom. The van der Waals surface area contributed by atoms with E-state index >= 15 is 0 Å². The molecular formula is C19H23N3O6S. The summed E-state index contributed by atoms with van der Waals surface area (Å²) < 4.78 is 30.7. The van der Waals surface area contributed by atoms with E-state index < -0.39 is 14.9 Å². The van der Waals surface area contributed by atoms with Gasteiger partial charge in [0.15, 0.2) is 5.75 Å². The van der Waals surface area contributed by atoms with E-state index in [2.05, 4.69) is 10.0 Å². The number of aryl methyl sites for hydroxylation is 1. The zero-order valence-electron chi connectivity index (χ0n) is 16.2. The second-order valence-electron chi connectivity index (χ2n) is 6.38. The number of hydrogen-bond acceptors (Lipinski definition) is 6. The van der Waals surface area contributed by atoms with Gasteiger partial charge in [-0.15, -0.1) is 0 Å². The number of ether oxygens (including phenoxy) is 1. The van der Waals surface area contributed by atoms with Gasteiger partial charge in [0.2, 0.25) is 15.9 Å². The van der Waals surface area contributed by atoms with Crippen LogP contribution in [0.2, 0.25) is 0 Å². The molecule has 0 radical (unpaired) electrons. The summed E-state index contributed by atoms with van der Waals surface area (Å²) in [7, 11) is -1.97. The van der Waals surface area contributed by atoms with Crippen LogP contribution in [0.4, 0.5) is 5.69 Å². The van der Waals surface area contributed by atoms with Gasteiger partial charge in [-0.1, -0.05) is 30.3 Å². The van der Waals surface area contributed by atoms with Gasteiger partial charge in [0.05, 0.1) is 23.7 Å². The first-order chi connectivity index (χ1) is 13.7. The highest BCUT2D eigenvalue weighted by atomic mass is 32.2. The van der Waals surface area contributed by atoms with Crippen LogP contribution in [-0.4, -0.2) is 32.9 Å². The Morgan fingerprint density at radius 3 is 2.41 bits per heavy atom. The molecule has 156 valence electrons. The van der Waals surface area contributed by atoms with Crippen LogP contribution < -0.4 is 14.8 Å². The summed E-state index contributed by atoms with van der Waals surface area (Å²) in [5.74, 6) is -0.240. The van der Waals surface area contributed by atoms with Crippen molar-refractivity contribution in [1.29, 1.82) is 0 Å². The van der Waals surface area contributed by atoms with Crippen molar-refractivity contribution in [3.63, 3.8) is 0 Å². The molecule has 0 fully saturated rings. The monoisotopic (exact) mass is 421 g/mol. The van der Waals surface area contributed by atoms with E-state index in [4.69, 9.17) is 4.74 Å². The van der Waals surface area contributed by atoms with Crippen LogP contribution in [-0.2, 0) is 27.1 Å². The predicted molar refractivity (Wildman–Crippen MR) is 108 cm³/mol. The first kappa shape index (κ1) is 22.3. The molecule has 9 nitrogen and oxygen atoms in total. The summed E-state index contributed by atoms with van der Waals surface area (Å²) in [6.45, 7) is 2.09. The molecule has 0 aliphatic heterocycles. The summed E-state index contributed by atoms with van der Waals surface area (Å²) in [6, 6.07) is 11.4. The number of nitro groups is 1. The lowest BCUT2D eigenvalue weighted by atomic mass is 10.1. The second-order valence-corrected chi connectivity index (χ2v) is 8.31. The van der Waals surface area contributed by atoms with E-state index in [-0.39, 0.29) is 42.7 Å². The number of sulfonamides is 1. The number of carbonyl (C=O) groups is 1. The topological polar surface area (TPSA) is 128 Å². The Morgan fingerprint density at radius 2 is 1.79 bits per heavy atom. The van der Waals surface area contributed by atoms with Gasteiger partial charge in [-0.25, -0.2) is 13.1 Å². The first-order valence-electron chi connectivity index (χ1n) is 8.84. The van der Waals surface area contributed by atoms with Crippen molar-refractivity contribution in [2.24, 2.45) is 0 Å². The zero-order chi connectivity index (χ0) is 21.4.